The molecule has 4 nitrogen and oxygen atoms in total. The summed E-state index contributed by atoms with van der Waals surface area (Å²) in [6, 6.07) is 16.8. The van der Waals surface area contributed by atoms with E-state index in [1.165, 1.54) is 23.5 Å². The second kappa shape index (κ2) is 8.84. The summed E-state index contributed by atoms with van der Waals surface area (Å²) in [7, 11) is 0. The number of benzene rings is 2. The molecule has 0 aliphatic carbocycles. The van der Waals surface area contributed by atoms with Gasteiger partial charge in [0.25, 0.3) is 5.91 Å². The lowest BCUT2D eigenvalue weighted by atomic mass is 10.2. The zero-order valence-electron chi connectivity index (χ0n) is 13.6. The third-order valence-corrected chi connectivity index (χ3v) is 6.64. The van der Waals surface area contributed by atoms with Crippen molar-refractivity contribution in [2.24, 2.45) is 0 Å². The number of hydrogen-bond acceptors (Lipinski definition) is 5. The van der Waals surface area contributed by atoms with E-state index in [1.54, 1.807) is 24.3 Å². The number of nitrogens with zero attached hydrogens (tertiary/aromatic N) is 1. The van der Waals surface area contributed by atoms with Crippen LogP contribution >= 0.6 is 23.5 Å². The normalized spacial score (nSPS) is 14.5. The maximum absolute atomic E-state index is 12.0. The van der Waals surface area contributed by atoms with Crippen LogP contribution in [0.25, 0.3) is 0 Å². The standard InChI is InChI=1S/C19H18N2O2S2/c20-12-14-3-1-4-16(11-14)21-18(22)13-23-17-7-5-15(6-8-17)19-24-9-2-10-25-19/h1,3-8,11,19H,2,9-10,13H2,(H,21,22). The van der Waals surface area contributed by atoms with Crippen molar-refractivity contribution in [3.8, 4) is 11.8 Å². The van der Waals surface area contributed by atoms with E-state index in [0.29, 0.717) is 21.6 Å². The molecular weight excluding hydrogens is 352 g/mol. The molecule has 1 amide bonds. The number of carbonyl (C=O) groups excluding carboxylic acids is 1. The number of carbonyl (C=O) groups is 1. The van der Waals surface area contributed by atoms with Crippen LogP contribution in [-0.2, 0) is 4.79 Å². The lowest BCUT2D eigenvalue weighted by Crippen LogP contribution is -2.20. The summed E-state index contributed by atoms with van der Waals surface area (Å²) in [5.41, 5.74) is 2.39. The molecule has 0 radical (unpaired) electrons. The minimum atomic E-state index is -0.252. The van der Waals surface area contributed by atoms with Crippen molar-refractivity contribution in [2.45, 2.75) is 11.0 Å². The lowest BCUT2D eigenvalue weighted by molar-refractivity contribution is -0.118. The molecule has 1 fully saturated rings. The van der Waals surface area contributed by atoms with Crippen molar-refractivity contribution in [3.63, 3.8) is 0 Å². The summed E-state index contributed by atoms with van der Waals surface area (Å²) < 4.78 is 6.05. The molecule has 0 bridgehead atoms. The number of anilines is 1. The predicted octanol–water partition coefficient (Wildman–Crippen LogP) is 4.44. The Hall–Kier alpha value is -2.10. The fraction of sp³-hybridized carbons (Fsp3) is 0.263. The third-order valence-electron chi connectivity index (χ3n) is 3.62. The van der Waals surface area contributed by atoms with Crippen LogP contribution in [0.3, 0.4) is 0 Å². The van der Waals surface area contributed by atoms with E-state index in [-0.39, 0.29) is 12.5 Å². The van der Waals surface area contributed by atoms with Gasteiger partial charge in [-0.15, -0.1) is 23.5 Å². The number of ether oxygens (including phenoxy) is 1. The van der Waals surface area contributed by atoms with Gasteiger partial charge in [-0.3, -0.25) is 4.79 Å². The highest BCUT2D eigenvalue weighted by atomic mass is 32.2. The van der Waals surface area contributed by atoms with Crippen molar-refractivity contribution >= 4 is 35.1 Å². The molecule has 1 heterocycles. The molecule has 25 heavy (non-hydrogen) atoms. The molecule has 1 N–H and O–H groups in total. The first-order valence-corrected chi connectivity index (χ1v) is 10.1. The van der Waals surface area contributed by atoms with Gasteiger partial charge in [0.15, 0.2) is 6.61 Å². The number of nitrogens with one attached hydrogen (secondary N) is 1. The number of hydrogen-bond donors (Lipinski definition) is 1. The Morgan fingerprint density at radius 3 is 2.68 bits per heavy atom. The van der Waals surface area contributed by atoms with Gasteiger partial charge < -0.3 is 10.1 Å². The van der Waals surface area contributed by atoms with Crippen LogP contribution < -0.4 is 10.1 Å². The third kappa shape index (κ3) is 5.18. The van der Waals surface area contributed by atoms with E-state index in [4.69, 9.17) is 10.00 Å². The topological polar surface area (TPSA) is 62.1 Å². The maximum atomic E-state index is 12.0. The molecule has 0 atom stereocenters. The first-order valence-electron chi connectivity index (χ1n) is 8.00. The van der Waals surface area contributed by atoms with Crippen LogP contribution in [0, 0.1) is 11.3 Å². The molecule has 6 heteroatoms. The van der Waals surface area contributed by atoms with Crippen molar-refractivity contribution in [1.82, 2.24) is 0 Å². The molecule has 0 saturated carbocycles. The van der Waals surface area contributed by atoms with Gasteiger partial charge >= 0.3 is 0 Å². The summed E-state index contributed by atoms with van der Waals surface area (Å²) in [4.78, 5) is 12.0. The highest BCUT2D eigenvalue weighted by Gasteiger charge is 2.16. The minimum Gasteiger partial charge on any atom is -0.484 e. The Balaban J connectivity index is 1.50. The van der Waals surface area contributed by atoms with Crippen molar-refractivity contribution in [2.75, 3.05) is 23.4 Å². The molecular formula is C19H18N2O2S2. The molecule has 0 unspecified atom stereocenters. The van der Waals surface area contributed by atoms with Crippen molar-refractivity contribution in [1.29, 1.82) is 5.26 Å². The SMILES string of the molecule is N#Cc1cccc(NC(=O)COc2ccc(C3SCCCS3)cc2)c1. The fourth-order valence-corrected chi connectivity index (χ4v) is 5.31. The second-order valence-electron chi connectivity index (χ2n) is 5.53. The van der Waals surface area contributed by atoms with E-state index in [2.05, 4.69) is 17.4 Å². The Morgan fingerprint density at radius 2 is 1.96 bits per heavy atom. The number of rotatable bonds is 5. The summed E-state index contributed by atoms with van der Waals surface area (Å²) in [5.74, 6) is 2.85. The molecule has 3 rings (SSSR count). The highest BCUT2D eigenvalue weighted by Crippen LogP contribution is 2.43. The van der Waals surface area contributed by atoms with Crippen LogP contribution in [0.15, 0.2) is 48.5 Å². The zero-order valence-corrected chi connectivity index (χ0v) is 15.2. The van der Waals surface area contributed by atoms with Crippen LogP contribution in [0.1, 0.15) is 22.1 Å². The van der Waals surface area contributed by atoms with Gasteiger partial charge in [-0.05, 0) is 53.8 Å². The van der Waals surface area contributed by atoms with Crippen LogP contribution in [-0.4, -0.2) is 24.0 Å². The monoisotopic (exact) mass is 370 g/mol. The summed E-state index contributed by atoms with van der Waals surface area (Å²) in [6.45, 7) is -0.0664. The van der Waals surface area contributed by atoms with Crippen LogP contribution in [0.4, 0.5) is 5.69 Å². The quantitative estimate of drug-likeness (QED) is 0.843. The predicted molar refractivity (Wildman–Crippen MR) is 104 cm³/mol. The highest BCUT2D eigenvalue weighted by molar-refractivity contribution is 8.16. The molecule has 0 spiro atoms. The first-order chi connectivity index (χ1) is 12.2. The van der Waals surface area contributed by atoms with Crippen LogP contribution in [0.5, 0.6) is 5.75 Å². The molecule has 1 saturated heterocycles. The summed E-state index contributed by atoms with van der Waals surface area (Å²) >= 11 is 3.96. The summed E-state index contributed by atoms with van der Waals surface area (Å²) in [6.07, 6.45) is 1.28. The fourth-order valence-electron chi connectivity index (χ4n) is 2.41. The zero-order chi connectivity index (χ0) is 17.5. The van der Waals surface area contributed by atoms with E-state index < -0.39 is 0 Å². The first kappa shape index (κ1) is 17.7. The Morgan fingerprint density at radius 1 is 1.20 bits per heavy atom. The lowest BCUT2D eigenvalue weighted by Gasteiger charge is -2.21. The molecule has 0 aromatic heterocycles. The number of thioether (sulfide) groups is 2. The van der Waals surface area contributed by atoms with Crippen molar-refractivity contribution in [3.05, 3.63) is 59.7 Å². The van der Waals surface area contributed by atoms with Gasteiger partial charge in [-0.2, -0.15) is 5.26 Å². The molecule has 1 aliphatic heterocycles. The number of nitriles is 1. The number of amides is 1. The molecule has 2 aromatic carbocycles. The van der Waals surface area contributed by atoms with E-state index in [1.807, 2.05) is 41.7 Å². The van der Waals surface area contributed by atoms with Gasteiger partial charge in [-0.1, -0.05) is 18.2 Å². The molecule has 1 aliphatic rings. The largest absolute Gasteiger partial charge is 0.484 e. The van der Waals surface area contributed by atoms with Gasteiger partial charge in [0, 0.05) is 5.69 Å². The molecule has 128 valence electrons. The average molecular weight is 370 g/mol. The second-order valence-corrected chi connectivity index (χ2v) is 8.25. The average Bonchev–Trinajstić information content (AvgIpc) is 2.67. The Kier molecular flexibility index (Phi) is 6.26. The van der Waals surface area contributed by atoms with Gasteiger partial charge in [0.2, 0.25) is 0 Å². The van der Waals surface area contributed by atoms with E-state index in [0.717, 1.165) is 0 Å². The summed E-state index contributed by atoms with van der Waals surface area (Å²) in [5, 5.41) is 11.6. The van der Waals surface area contributed by atoms with Crippen molar-refractivity contribution < 1.29 is 9.53 Å². The van der Waals surface area contributed by atoms with Gasteiger partial charge in [-0.25, -0.2) is 0 Å². The maximum Gasteiger partial charge on any atom is 0.262 e. The van der Waals surface area contributed by atoms with E-state index in [9.17, 15) is 4.79 Å². The van der Waals surface area contributed by atoms with E-state index >= 15 is 0 Å². The van der Waals surface area contributed by atoms with Gasteiger partial charge in [0.05, 0.1) is 16.2 Å². The smallest absolute Gasteiger partial charge is 0.262 e. The molecule has 2 aromatic rings. The Bertz CT molecular complexity index is 766. The Labute approximate surface area is 156 Å². The van der Waals surface area contributed by atoms with Gasteiger partial charge in [0.1, 0.15) is 5.75 Å². The minimum absolute atomic E-state index is 0.0664. The van der Waals surface area contributed by atoms with Crippen LogP contribution in [0.2, 0.25) is 0 Å².